The molecule has 2 aromatic rings. The van der Waals surface area contributed by atoms with Crippen molar-refractivity contribution in [3.05, 3.63) is 45.4 Å². The Balaban J connectivity index is 0.00000312. The molecular formula is C18H28IN5S. The second-order valence-corrected chi connectivity index (χ2v) is 7.14. The Morgan fingerprint density at radius 2 is 2.00 bits per heavy atom. The summed E-state index contributed by atoms with van der Waals surface area (Å²) in [5.41, 5.74) is 3.49. The van der Waals surface area contributed by atoms with Crippen LogP contribution in [0.3, 0.4) is 0 Å². The van der Waals surface area contributed by atoms with E-state index >= 15 is 0 Å². The van der Waals surface area contributed by atoms with Crippen LogP contribution in [-0.4, -0.2) is 31.6 Å². The molecule has 0 aliphatic heterocycles. The van der Waals surface area contributed by atoms with Crippen LogP contribution in [0.2, 0.25) is 0 Å². The van der Waals surface area contributed by atoms with Crippen LogP contribution < -0.4 is 15.5 Å². The fraction of sp³-hybridized carbons (Fsp3) is 0.444. The van der Waals surface area contributed by atoms with Gasteiger partial charge in [0.1, 0.15) is 0 Å². The summed E-state index contributed by atoms with van der Waals surface area (Å²) in [6.07, 6.45) is 0. The van der Waals surface area contributed by atoms with Crippen molar-refractivity contribution in [1.29, 1.82) is 0 Å². The van der Waals surface area contributed by atoms with Crippen molar-refractivity contribution < 1.29 is 0 Å². The van der Waals surface area contributed by atoms with E-state index in [9.17, 15) is 0 Å². The van der Waals surface area contributed by atoms with Crippen molar-refractivity contribution in [2.45, 2.75) is 33.9 Å². The van der Waals surface area contributed by atoms with Gasteiger partial charge in [-0.1, -0.05) is 12.1 Å². The standard InChI is InChI=1S/C18H27N5S.HI/c1-6-19-18(21-12-17-13(2)22-14(3)24-17)20-11-15-8-7-9-16(10-15)23(4)5;/h7-10H,6,11-12H2,1-5H3,(H2,19,20,21);1H. The number of aryl methyl sites for hydroxylation is 2. The van der Waals surface area contributed by atoms with Crippen LogP contribution in [-0.2, 0) is 13.1 Å². The van der Waals surface area contributed by atoms with Gasteiger partial charge in [0, 0.05) is 31.2 Å². The van der Waals surface area contributed by atoms with E-state index in [1.54, 1.807) is 11.3 Å². The molecule has 0 atom stereocenters. The van der Waals surface area contributed by atoms with Crippen LogP contribution in [0.4, 0.5) is 5.69 Å². The molecule has 2 rings (SSSR count). The van der Waals surface area contributed by atoms with Crippen molar-refractivity contribution in [2.75, 3.05) is 25.5 Å². The molecule has 1 aromatic carbocycles. The zero-order chi connectivity index (χ0) is 17.5. The van der Waals surface area contributed by atoms with Gasteiger partial charge in [0.2, 0.25) is 0 Å². The first-order valence-electron chi connectivity index (χ1n) is 8.21. The first-order valence-corrected chi connectivity index (χ1v) is 9.02. The van der Waals surface area contributed by atoms with Crippen molar-refractivity contribution in [3.8, 4) is 0 Å². The van der Waals surface area contributed by atoms with E-state index in [1.807, 2.05) is 21.0 Å². The molecule has 138 valence electrons. The summed E-state index contributed by atoms with van der Waals surface area (Å²) < 4.78 is 0. The Bertz CT molecular complexity index is 697. The molecule has 0 radical (unpaired) electrons. The first-order chi connectivity index (χ1) is 11.5. The van der Waals surface area contributed by atoms with E-state index < -0.39 is 0 Å². The average Bonchev–Trinajstić information content (AvgIpc) is 2.88. The summed E-state index contributed by atoms with van der Waals surface area (Å²) in [5, 5.41) is 7.80. The molecule has 0 bridgehead atoms. The lowest BCUT2D eigenvalue weighted by Gasteiger charge is -2.14. The third-order valence-corrected chi connectivity index (χ3v) is 4.68. The Labute approximate surface area is 172 Å². The van der Waals surface area contributed by atoms with Crippen LogP contribution in [0.1, 0.15) is 28.1 Å². The lowest BCUT2D eigenvalue weighted by atomic mass is 10.2. The number of aliphatic imine (C=N–C) groups is 1. The summed E-state index contributed by atoms with van der Waals surface area (Å²) in [4.78, 5) is 12.5. The second-order valence-electron chi connectivity index (χ2n) is 5.85. The van der Waals surface area contributed by atoms with Gasteiger partial charge in [-0.05, 0) is 38.5 Å². The molecule has 2 N–H and O–H groups in total. The lowest BCUT2D eigenvalue weighted by molar-refractivity contribution is 0.818. The zero-order valence-electron chi connectivity index (χ0n) is 15.6. The number of hydrogen-bond acceptors (Lipinski definition) is 4. The highest BCUT2D eigenvalue weighted by Gasteiger charge is 2.06. The topological polar surface area (TPSA) is 52.6 Å². The maximum atomic E-state index is 4.70. The van der Waals surface area contributed by atoms with E-state index in [4.69, 9.17) is 4.99 Å². The highest BCUT2D eigenvalue weighted by molar-refractivity contribution is 14.0. The predicted octanol–water partition coefficient (Wildman–Crippen LogP) is 3.70. The SMILES string of the molecule is CCNC(=NCc1cccc(N(C)C)c1)NCc1sc(C)nc1C.I. The number of nitrogens with zero attached hydrogens (tertiary/aromatic N) is 3. The van der Waals surface area contributed by atoms with Gasteiger partial charge in [0.15, 0.2) is 5.96 Å². The minimum Gasteiger partial charge on any atom is -0.378 e. The Morgan fingerprint density at radius 3 is 2.60 bits per heavy atom. The minimum absolute atomic E-state index is 0. The number of nitrogens with one attached hydrogen (secondary N) is 2. The third-order valence-electron chi connectivity index (χ3n) is 3.61. The molecule has 5 nitrogen and oxygen atoms in total. The molecular weight excluding hydrogens is 445 g/mol. The maximum Gasteiger partial charge on any atom is 0.191 e. The summed E-state index contributed by atoms with van der Waals surface area (Å²) in [6, 6.07) is 8.45. The van der Waals surface area contributed by atoms with Crippen LogP contribution in [0.5, 0.6) is 0 Å². The van der Waals surface area contributed by atoms with Gasteiger partial charge in [-0.2, -0.15) is 0 Å². The van der Waals surface area contributed by atoms with Gasteiger partial charge in [-0.15, -0.1) is 35.3 Å². The fourth-order valence-electron chi connectivity index (χ4n) is 2.35. The molecule has 0 unspecified atom stereocenters. The number of benzene rings is 1. The van der Waals surface area contributed by atoms with E-state index in [0.717, 1.165) is 29.8 Å². The molecule has 0 spiro atoms. The Morgan fingerprint density at radius 1 is 1.24 bits per heavy atom. The Hall–Kier alpha value is -1.35. The number of rotatable bonds is 6. The molecule has 0 amide bonds. The quantitative estimate of drug-likeness (QED) is 0.382. The summed E-state index contributed by atoms with van der Waals surface area (Å²) in [5.74, 6) is 0.832. The second kappa shape index (κ2) is 10.6. The molecule has 0 aliphatic rings. The summed E-state index contributed by atoms with van der Waals surface area (Å²) in [6.45, 7) is 8.41. The van der Waals surface area contributed by atoms with E-state index in [-0.39, 0.29) is 24.0 Å². The molecule has 0 saturated heterocycles. The number of halogens is 1. The summed E-state index contributed by atoms with van der Waals surface area (Å²) in [7, 11) is 4.10. The molecule has 0 aliphatic carbocycles. The fourth-order valence-corrected chi connectivity index (χ4v) is 3.22. The van der Waals surface area contributed by atoms with Crippen LogP contribution in [0.25, 0.3) is 0 Å². The molecule has 0 fully saturated rings. The zero-order valence-corrected chi connectivity index (χ0v) is 18.7. The molecule has 0 saturated carbocycles. The van der Waals surface area contributed by atoms with Gasteiger partial charge in [-0.25, -0.2) is 9.98 Å². The highest BCUT2D eigenvalue weighted by Crippen LogP contribution is 2.16. The van der Waals surface area contributed by atoms with E-state index in [0.29, 0.717) is 6.54 Å². The highest BCUT2D eigenvalue weighted by atomic mass is 127. The molecule has 7 heteroatoms. The van der Waals surface area contributed by atoms with Crippen molar-refractivity contribution >= 4 is 47.0 Å². The van der Waals surface area contributed by atoms with Crippen LogP contribution in [0, 0.1) is 13.8 Å². The normalized spacial score (nSPS) is 11.0. The number of hydrogen-bond donors (Lipinski definition) is 2. The van der Waals surface area contributed by atoms with Gasteiger partial charge in [0.25, 0.3) is 0 Å². The molecule has 1 aromatic heterocycles. The van der Waals surface area contributed by atoms with Crippen molar-refractivity contribution in [2.24, 2.45) is 4.99 Å². The largest absolute Gasteiger partial charge is 0.378 e. The van der Waals surface area contributed by atoms with Gasteiger partial charge >= 0.3 is 0 Å². The number of thiazole rings is 1. The number of guanidine groups is 1. The minimum atomic E-state index is 0. The van der Waals surface area contributed by atoms with Crippen LogP contribution >= 0.6 is 35.3 Å². The van der Waals surface area contributed by atoms with Crippen LogP contribution in [0.15, 0.2) is 29.3 Å². The first kappa shape index (κ1) is 21.7. The number of aromatic nitrogens is 1. The predicted molar refractivity (Wildman–Crippen MR) is 119 cm³/mol. The van der Waals surface area contributed by atoms with E-state index in [1.165, 1.54) is 16.1 Å². The van der Waals surface area contributed by atoms with Crippen molar-refractivity contribution in [3.63, 3.8) is 0 Å². The van der Waals surface area contributed by atoms with E-state index in [2.05, 4.69) is 58.6 Å². The Kier molecular flexibility index (Phi) is 9.20. The number of anilines is 1. The maximum absolute atomic E-state index is 4.70. The molecule has 25 heavy (non-hydrogen) atoms. The smallest absolute Gasteiger partial charge is 0.191 e. The van der Waals surface area contributed by atoms with Gasteiger partial charge in [-0.3, -0.25) is 0 Å². The third kappa shape index (κ3) is 6.81. The lowest BCUT2D eigenvalue weighted by Crippen LogP contribution is -2.36. The monoisotopic (exact) mass is 473 g/mol. The van der Waals surface area contributed by atoms with Crippen molar-refractivity contribution in [1.82, 2.24) is 15.6 Å². The van der Waals surface area contributed by atoms with Gasteiger partial charge in [0.05, 0.1) is 23.8 Å². The average molecular weight is 473 g/mol. The molecule has 1 heterocycles. The van der Waals surface area contributed by atoms with Gasteiger partial charge < -0.3 is 15.5 Å². The summed E-state index contributed by atoms with van der Waals surface area (Å²) >= 11 is 1.73.